The van der Waals surface area contributed by atoms with Crippen LogP contribution in [0.4, 0.5) is 19.5 Å². The number of benzene rings is 1. The summed E-state index contributed by atoms with van der Waals surface area (Å²) in [6.07, 6.45) is 4.57. The number of hydrazone groups is 1. The molecule has 13 heteroatoms. The van der Waals surface area contributed by atoms with Crippen molar-refractivity contribution in [3.05, 3.63) is 53.4 Å². The zero-order chi connectivity index (χ0) is 24.5. The number of rotatable bonds is 3. The Kier molecular flexibility index (Phi) is 5.77. The smallest absolute Gasteiger partial charge is 0.337 e. The molecule has 2 aliphatic heterocycles. The molecule has 0 spiro atoms. The Labute approximate surface area is 198 Å². The second-order valence-corrected chi connectivity index (χ2v) is 8.15. The van der Waals surface area contributed by atoms with Crippen LogP contribution in [0.5, 0.6) is 0 Å². The van der Waals surface area contributed by atoms with Gasteiger partial charge in [-0.3, -0.25) is 0 Å². The molecule has 0 radical (unpaired) electrons. The van der Waals surface area contributed by atoms with Gasteiger partial charge in [0, 0.05) is 45.9 Å². The lowest BCUT2D eigenvalue weighted by Gasteiger charge is -2.37. The molecule has 35 heavy (non-hydrogen) atoms. The highest BCUT2D eigenvalue weighted by Crippen LogP contribution is 2.31. The van der Waals surface area contributed by atoms with E-state index in [1.54, 1.807) is 24.2 Å². The lowest BCUT2D eigenvalue weighted by Crippen LogP contribution is -2.52. The number of piperazine rings is 1. The SMILES string of the molecule is Cn1nncc1-c1nc(N2CCN(C(=O)N3N=CC[C@H]3c3cc(F)cc(C#N)c3)CC2)ncc1F. The van der Waals surface area contributed by atoms with Crippen molar-refractivity contribution in [2.75, 3.05) is 31.1 Å². The maximum atomic E-state index is 14.3. The van der Waals surface area contributed by atoms with Crippen molar-refractivity contribution in [3.63, 3.8) is 0 Å². The Balaban J connectivity index is 1.28. The van der Waals surface area contributed by atoms with Gasteiger partial charge in [0.25, 0.3) is 0 Å². The number of nitrogens with zero attached hydrogens (tertiary/aromatic N) is 10. The summed E-state index contributed by atoms with van der Waals surface area (Å²) in [7, 11) is 1.65. The summed E-state index contributed by atoms with van der Waals surface area (Å²) in [6.45, 7) is 1.60. The summed E-state index contributed by atoms with van der Waals surface area (Å²) >= 11 is 0. The number of halogens is 2. The first-order valence-electron chi connectivity index (χ1n) is 10.9. The van der Waals surface area contributed by atoms with Gasteiger partial charge < -0.3 is 9.80 Å². The number of nitriles is 1. The summed E-state index contributed by atoms with van der Waals surface area (Å²) in [4.78, 5) is 25.2. The van der Waals surface area contributed by atoms with E-state index in [1.165, 1.54) is 22.0 Å². The molecule has 0 saturated carbocycles. The van der Waals surface area contributed by atoms with Crippen LogP contribution in [0.15, 0.2) is 35.7 Å². The lowest BCUT2D eigenvalue weighted by atomic mass is 10.0. The zero-order valence-corrected chi connectivity index (χ0v) is 18.7. The van der Waals surface area contributed by atoms with Gasteiger partial charge in [-0.05, 0) is 23.8 Å². The van der Waals surface area contributed by atoms with Crippen molar-refractivity contribution in [2.45, 2.75) is 12.5 Å². The Morgan fingerprint density at radius 3 is 2.66 bits per heavy atom. The molecule has 1 fully saturated rings. The topological polar surface area (TPSA) is 119 Å². The predicted molar refractivity (Wildman–Crippen MR) is 120 cm³/mol. The van der Waals surface area contributed by atoms with E-state index < -0.39 is 17.7 Å². The standard InChI is InChI=1S/C22H20F2N10O/c1-31-19(13-27-30-31)20-17(24)12-26-21(29-20)32-4-6-33(7-5-32)22(35)34-18(2-3-28-34)15-8-14(11-25)9-16(23)10-15/h3,8-10,12-13,18H,2,4-7H2,1H3/t18-/m0/s1. The molecule has 11 nitrogen and oxygen atoms in total. The average molecular weight is 478 g/mol. The van der Waals surface area contributed by atoms with Gasteiger partial charge in [-0.25, -0.2) is 33.2 Å². The van der Waals surface area contributed by atoms with Gasteiger partial charge in [-0.1, -0.05) is 5.21 Å². The quantitative estimate of drug-likeness (QED) is 0.565. The molecule has 0 unspecified atom stereocenters. The molecule has 0 bridgehead atoms. The van der Waals surface area contributed by atoms with Crippen LogP contribution >= 0.6 is 0 Å². The maximum Gasteiger partial charge on any atom is 0.341 e. The van der Waals surface area contributed by atoms with Crippen LogP contribution in [0, 0.1) is 23.0 Å². The van der Waals surface area contributed by atoms with Crippen LogP contribution in [0.3, 0.4) is 0 Å². The number of carbonyl (C=O) groups excluding carboxylic acids is 1. The third kappa shape index (κ3) is 4.25. The number of carbonyl (C=O) groups is 1. The summed E-state index contributed by atoms with van der Waals surface area (Å²) in [5.74, 6) is -0.772. The molecule has 4 heterocycles. The first-order valence-corrected chi connectivity index (χ1v) is 10.9. The van der Waals surface area contributed by atoms with Gasteiger partial charge in [0.2, 0.25) is 5.95 Å². The third-order valence-corrected chi connectivity index (χ3v) is 5.98. The van der Waals surface area contributed by atoms with Gasteiger partial charge in [-0.15, -0.1) is 5.10 Å². The van der Waals surface area contributed by atoms with Crippen molar-refractivity contribution >= 4 is 18.2 Å². The molecule has 178 valence electrons. The summed E-state index contributed by atoms with van der Waals surface area (Å²) < 4.78 is 29.7. The van der Waals surface area contributed by atoms with Crippen LogP contribution in [-0.2, 0) is 7.05 Å². The minimum Gasteiger partial charge on any atom is -0.337 e. The first-order chi connectivity index (χ1) is 16.9. The monoisotopic (exact) mass is 478 g/mol. The fourth-order valence-electron chi connectivity index (χ4n) is 4.18. The fraction of sp³-hybridized carbons (Fsp3) is 0.318. The molecule has 2 amide bonds. The zero-order valence-electron chi connectivity index (χ0n) is 18.7. The Morgan fingerprint density at radius 1 is 1.14 bits per heavy atom. The van der Waals surface area contributed by atoms with Crippen LogP contribution in [-0.4, -0.2) is 73.3 Å². The van der Waals surface area contributed by atoms with E-state index in [0.29, 0.717) is 49.8 Å². The minimum atomic E-state index is -0.581. The molecule has 5 rings (SSSR count). The highest BCUT2D eigenvalue weighted by Gasteiger charge is 2.34. The second-order valence-electron chi connectivity index (χ2n) is 8.15. The van der Waals surface area contributed by atoms with Gasteiger partial charge in [-0.2, -0.15) is 10.4 Å². The van der Waals surface area contributed by atoms with E-state index in [-0.39, 0.29) is 17.3 Å². The lowest BCUT2D eigenvalue weighted by molar-refractivity contribution is 0.139. The number of amides is 2. The van der Waals surface area contributed by atoms with E-state index >= 15 is 0 Å². The van der Waals surface area contributed by atoms with E-state index in [4.69, 9.17) is 5.26 Å². The molecule has 2 aromatic heterocycles. The first kappa shape index (κ1) is 22.3. The van der Waals surface area contributed by atoms with Gasteiger partial charge in [0.05, 0.1) is 30.1 Å². The van der Waals surface area contributed by atoms with Crippen LogP contribution in [0.2, 0.25) is 0 Å². The van der Waals surface area contributed by atoms with Crippen molar-refractivity contribution < 1.29 is 13.6 Å². The van der Waals surface area contributed by atoms with Crippen molar-refractivity contribution in [3.8, 4) is 17.5 Å². The van der Waals surface area contributed by atoms with E-state index in [0.717, 1.165) is 12.3 Å². The van der Waals surface area contributed by atoms with Crippen molar-refractivity contribution in [2.24, 2.45) is 12.1 Å². The van der Waals surface area contributed by atoms with Gasteiger partial charge in [0.15, 0.2) is 5.82 Å². The highest BCUT2D eigenvalue weighted by molar-refractivity contribution is 5.79. The second kappa shape index (κ2) is 9.05. The molecule has 0 aliphatic carbocycles. The van der Waals surface area contributed by atoms with E-state index in [2.05, 4.69) is 25.4 Å². The molecule has 3 aromatic rings. The third-order valence-electron chi connectivity index (χ3n) is 5.98. The number of urea groups is 1. The molecule has 0 N–H and O–H groups in total. The van der Waals surface area contributed by atoms with Crippen molar-refractivity contribution in [1.29, 1.82) is 5.26 Å². The number of aryl methyl sites for hydroxylation is 1. The van der Waals surface area contributed by atoms with E-state index in [1.807, 2.05) is 11.0 Å². The van der Waals surface area contributed by atoms with Crippen LogP contribution in [0.1, 0.15) is 23.6 Å². The largest absolute Gasteiger partial charge is 0.341 e. The van der Waals surface area contributed by atoms with Crippen LogP contribution < -0.4 is 4.90 Å². The summed E-state index contributed by atoms with van der Waals surface area (Å²) in [6, 6.07) is 5.18. The molecule has 1 saturated heterocycles. The Hall–Kier alpha value is -4.47. The fourth-order valence-corrected chi connectivity index (χ4v) is 4.18. The number of anilines is 1. The number of hydrogen-bond donors (Lipinski definition) is 0. The van der Waals surface area contributed by atoms with Crippen LogP contribution in [0.25, 0.3) is 11.4 Å². The van der Waals surface area contributed by atoms with Crippen molar-refractivity contribution in [1.82, 2.24) is 34.9 Å². The van der Waals surface area contributed by atoms with Gasteiger partial charge >= 0.3 is 6.03 Å². The summed E-state index contributed by atoms with van der Waals surface area (Å²) in [5.41, 5.74) is 1.23. The Morgan fingerprint density at radius 2 is 1.94 bits per heavy atom. The number of hydrogen-bond acceptors (Lipinski definition) is 8. The molecule has 2 aliphatic rings. The van der Waals surface area contributed by atoms with E-state index in [9.17, 15) is 13.6 Å². The molecular formula is C22H20F2N10O. The number of aromatic nitrogens is 5. The Bertz CT molecular complexity index is 1340. The molecule has 1 atom stereocenters. The molecular weight excluding hydrogens is 458 g/mol. The average Bonchev–Trinajstić information content (AvgIpc) is 3.53. The maximum absolute atomic E-state index is 14.3. The van der Waals surface area contributed by atoms with Gasteiger partial charge in [0.1, 0.15) is 17.2 Å². The minimum absolute atomic E-state index is 0.0992. The normalized spacial score (nSPS) is 17.7. The molecule has 1 aromatic carbocycles. The summed E-state index contributed by atoms with van der Waals surface area (Å²) in [5, 5.41) is 22.3. The highest BCUT2D eigenvalue weighted by atomic mass is 19.1. The predicted octanol–water partition coefficient (Wildman–Crippen LogP) is 2.10.